The van der Waals surface area contributed by atoms with Gasteiger partial charge in [-0.05, 0) is 44.0 Å². The summed E-state index contributed by atoms with van der Waals surface area (Å²) in [5.74, 6) is 1.74. The molecule has 0 unspecified atom stereocenters. The van der Waals surface area contributed by atoms with Crippen molar-refractivity contribution in [3.63, 3.8) is 0 Å². The molecule has 3 aromatic heterocycles. The fraction of sp³-hybridized carbons (Fsp3) is 0.143. The molecule has 0 aliphatic rings. The number of nitrogens with zero attached hydrogens (tertiary/aromatic N) is 3. The van der Waals surface area contributed by atoms with E-state index in [4.69, 9.17) is 4.98 Å². The number of imidazole rings is 1. The number of aryl methyl sites for hydroxylation is 3. The number of fused-ring (bicyclic) bond motifs is 1. The molecule has 25 heavy (non-hydrogen) atoms. The first-order chi connectivity index (χ1) is 12.1. The zero-order chi connectivity index (χ0) is 17.4. The lowest BCUT2D eigenvalue weighted by Crippen LogP contribution is -1.99. The number of pyridine rings is 2. The summed E-state index contributed by atoms with van der Waals surface area (Å²) in [6, 6.07) is 16.6. The molecule has 0 bridgehead atoms. The van der Waals surface area contributed by atoms with Crippen molar-refractivity contribution in [3.05, 3.63) is 77.6 Å². The molecule has 0 saturated carbocycles. The van der Waals surface area contributed by atoms with Gasteiger partial charge in [-0.2, -0.15) is 0 Å². The molecule has 1 N–H and O–H groups in total. The first-order valence-electron chi connectivity index (χ1n) is 8.35. The Morgan fingerprint density at radius 1 is 0.800 bits per heavy atom. The van der Waals surface area contributed by atoms with E-state index < -0.39 is 0 Å². The molecule has 0 spiro atoms. The lowest BCUT2D eigenvalue weighted by molar-refractivity contribution is 1.14. The topological polar surface area (TPSA) is 42.2 Å². The summed E-state index contributed by atoms with van der Waals surface area (Å²) in [4.78, 5) is 9.32. The predicted octanol–water partition coefficient (Wildman–Crippen LogP) is 5.07. The van der Waals surface area contributed by atoms with Crippen molar-refractivity contribution in [2.24, 2.45) is 0 Å². The molecule has 4 aromatic rings. The predicted molar refractivity (Wildman–Crippen MR) is 102 cm³/mol. The van der Waals surface area contributed by atoms with Gasteiger partial charge in [-0.15, -0.1) is 0 Å². The van der Waals surface area contributed by atoms with Crippen molar-refractivity contribution < 1.29 is 0 Å². The third kappa shape index (κ3) is 2.98. The second-order valence-electron chi connectivity index (χ2n) is 6.46. The van der Waals surface area contributed by atoms with Crippen molar-refractivity contribution in [3.8, 4) is 11.3 Å². The van der Waals surface area contributed by atoms with Crippen molar-refractivity contribution in [2.45, 2.75) is 20.8 Å². The van der Waals surface area contributed by atoms with Crippen LogP contribution in [0.3, 0.4) is 0 Å². The van der Waals surface area contributed by atoms with E-state index >= 15 is 0 Å². The highest BCUT2D eigenvalue weighted by atomic mass is 15.2. The minimum atomic E-state index is 0.808. The van der Waals surface area contributed by atoms with Crippen LogP contribution in [0.5, 0.6) is 0 Å². The Hall–Kier alpha value is -3.14. The SMILES string of the molecule is Cc1ccc(-c2nc3ccc(C)cn3c2Nc2ccc(C)cn2)cc1. The number of benzene rings is 1. The first kappa shape index (κ1) is 15.4. The summed E-state index contributed by atoms with van der Waals surface area (Å²) in [6.45, 7) is 6.21. The third-order valence-electron chi connectivity index (χ3n) is 4.25. The highest BCUT2D eigenvalue weighted by molar-refractivity contribution is 5.79. The zero-order valence-electron chi connectivity index (χ0n) is 14.6. The molecular formula is C21H20N4. The molecule has 0 aliphatic carbocycles. The van der Waals surface area contributed by atoms with Crippen LogP contribution in [0, 0.1) is 20.8 Å². The summed E-state index contributed by atoms with van der Waals surface area (Å²) in [7, 11) is 0. The van der Waals surface area contributed by atoms with Gasteiger partial charge in [0.2, 0.25) is 0 Å². The second kappa shape index (κ2) is 6.06. The van der Waals surface area contributed by atoms with Crippen LogP contribution in [0.1, 0.15) is 16.7 Å². The molecule has 124 valence electrons. The standard InChI is InChI=1S/C21H20N4/c1-14-4-8-17(9-5-14)20-21(23-18-10-6-15(2)12-22-18)25-13-16(3)7-11-19(25)24-20/h4-13H,1-3H3,(H,22,23). The van der Waals surface area contributed by atoms with E-state index in [2.05, 4.69) is 71.1 Å². The number of hydrogen-bond donors (Lipinski definition) is 1. The first-order valence-corrected chi connectivity index (χ1v) is 8.35. The maximum Gasteiger partial charge on any atom is 0.144 e. The zero-order valence-corrected chi connectivity index (χ0v) is 14.6. The van der Waals surface area contributed by atoms with Gasteiger partial charge in [0.25, 0.3) is 0 Å². The summed E-state index contributed by atoms with van der Waals surface area (Å²) in [6.07, 6.45) is 3.96. The van der Waals surface area contributed by atoms with Crippen LogP contribution < -0.4 is 5.32 Å². The van der Waals surface area contributed by atoms with Gasteiger partial charge < -0.3 is 5.32 Å². The van der Waals surface area contributed by atoms with Gasteiger partial charge in [-0.3, -0.25) is 4.40 Å². The lowest BCUT2D eigenvalue weighted by Gasteiger charge is -2.09. The molecule has 4 nitrogen and oxygen atoms in total. The lowest BCUT2D eigenvalue weighted by atomic mass is 10.1. The molecular weight excluding hydrogens is 308 g/mol. The van der Waals surface area contributed by atoms with E-state index in [1.807, 2.05) is 25.3 Å². The Bertz CT molecular complexity index is 1030. The average Bonchev–Trinajstić information content (AvgIpc) is 2.95. The summed E-state index contributed by atoms with van der Waals surface area (Å²) < 4.78 is 2.09. The molecule has 1 aromatic carbocycles. The maximum absolute atomic E-state index is 4.84. The molecule has 0 amide bonds. The van der Waals surface area contributed by atoms with Crippen LogP contribution in [0.15, 0.2) is 60.9 Å². The molecule has 0 radical (unpaired) electrons. The van der Waals surface area contributed by atoms with Gasteiger partial charge in [0.15, 0.2) is 0 Å². The number of hydrogen-bond acceptors (Lipinski definition) is 3. The molecule has 0 atom stereocenters. The van der Waals surface area contributed by atoms with Gasteiger partial charge in [0, 0.05) is 18.0 Å². The Morgan fingerprint density at radius 2 is 1.52 bits per heavy atom. The highest BCUT2D eigenvalue weighted by Gasteiger charge is 2.15. The van der Waals surface area contributed by atoms with Crippen LogP contribution in [-0.2, 0) is 0 Å². The number of anilines is 2. The summed E-state index contributed by atoms with van der Waals surface area (Å²) in [5.41, 5.74) is 6.47. The van der Waals surface area contributed by atoms with E-state index in [0.717, 1.165) is 34.1 Å². The maximum atomic E-state index is 4.84. The van der Waals surface area contributed by atoms with Gasteiger partial charge in [0.1, 0.15) is 23.0 Å². The van der Waals surface area contributed by atoms with Crippen molar-refractivity contribution in [2.75, 3.05) is 5.32 Å². The normalized spacial score (nSPS) is 11.0. The third-order valence-corrected chi connectivity index (χ3v) is 4.25. The van der Waals surface area contributed by atoms with Gasteiger partial charge in [0.05, 0.1) is 0 Å². The molecule has 0 aliphatic heterocycles. The Labute approximate surface area is 147 Å². The van der Waals surface area contributed by atoms with E-state index in [1.54, 1.807) is 0 Å². The Balaban J connectivity index is 1.89. The Morgan fingerprint density at radius 3 is 2.24 bits per heavy atom. The van der Waals surface area contributed by atoms with Crippen molar-refractivity contribution in [1.82, 2.24) is 14.4 Å². The Kier molecular flexibility index (Phi) is 3.73. The van der Waals surface area contributed by atoms with Crippen molar-refractivity contribution >= 4 is 17.3 Å². The van der Waals surface area contributed by atoms with Gasteiger partial charge in [-0.25, -0.2) is 9.97 Å². The largest absolute Gasteiger partial charge is 0.324 e. The fourth-order valence-electron chi connectivity index (χ4n) is 2.85. The number of rotatable bonds is 3. The van der Waals surface area contributed by atoms with Crippen LogP contribution in [0.4, 0.5) is 11.6 Å². The van der Waals surface area contributed by atoms with Crippen LogP contribution in [-0.4, -0.2) is 14.4 Å². The molecule has 0 saturated heterocycles. The monoisotopic (exact) mass is 328 g/mol. The van der Waals surface area contributed by atoms with E-state index in [1.165, 1.54) is 11.1 Å². The fourth-order valence-corrected chi connectivity index (χ4v) is 2.85. The molecule has 4 rings (SSSR count). The summed E-state index contributed by atoms with van der Waals surface area (Å²) >= 11 is 0. The van der Waals surface area contributed by atoms with Crippen LogP contribution >= 0.6 is 0 Å². The van der Waals surface area contributed by atoms with Crippen LogP contribution in [0.2, 0.25) is 0 Å². The molecule has 0 fully saturated rings. The van der Waals surface area contributed by atoms with Gasteiger partial charge >= 0.3 is 0 Å². The molecule has 4 heteroatoms. The van der Waals surface area contributed by atoms with Gasteiger partial charge in [-0.1, -0.05) is 42.0 Å². The van der Waals surface area contributed by atoms with E-state index in [9.17, 15) is 0 Å². The number of aromatic nitrogens is 3. The quantitative estimate of drug-likeness (QED) is 0.571. The minimum Gasteiger partial charge on any atom is -0.324 e. The van der Waals surface area contributed by atoms with E-state index in [-0.39, 0.29) is 0 Å². The second-order valence-corrected chi connectivity index (χ2v) is 6.46. The van der Waals surface area contributed by atoms with Crippen molar-refractivity contribution in [1.29, 1.82) is 0 Å². The van der Waals surface area contributed by atoms with E-state index in [0.29, 0.717) is 0 Å². The molecule has 3 heterocycles. The van der Waals surface area contributed by atoms with Crippen LogP contribution in [0.25, 0.3) is 16.9 Å². The number of nitrogens with one attached hydrogen (secondary N) is 1. The highest BCUT2D eigenvalue weighted by Crippen LogP contribution is 2.31. The summed E-state index contributed by atoms with van der Waals surface area (Å²) in [5, 5.41) is 3.45. The smallest absolute Gasteiger partial charge is 0.144 e. The minimum absolute atomic E-state index is 0.808. The average molecular weight is 328 g/mol.